The molecule has 1 aromatic carbocycles. The van der Waals surface area contributed by atoms with Crippen LogP contribution in [0, 0.1) is 22.0 Å². The van der Waals surface area contributed by atoms with E-state index in [2.05, 4.69) is 29.0 Å². The highest BCUT2D eigenvalue weighted by atomic mass is 32.1. The van der Waals surface area contributed by atoms with E-state index >= 15 is 0 Å². The van der Waals surface area contributed by atoms with Crippen molar-refractivity contribution in [2.45, 2.75) is 39.7 Å². The summed E-state index contributed by atoms with van der Waals surface area (Å²) in [7, 11) is 1.43. The molecule has 0 saturated carbocycles. The standard InChI is InChI=1S/C23H32N4O5S/c1-16-8-17(2)12-26(11-16)7-5-4-6-24-23(28)19-9-21(31-3)22(10-20(19)27(29)30)32-13-18-14-33-15-25-18/h9-10,14-17H,4-8,11-13H2,1-3H3,(H,24,28). The molecular weight excluding hydrogens is 444 g/mol. The lowest BCUT2D eigenvalue weighted by Gasteiger charge is -2.34. The number of thiazole rings is 1. The van der Waals surface area contributed by atoms with Crippen LogP contribution >= 0.6 is 11.3 Å². The summed E-state index contributed by atoms with van der Waals surface area (Å²) in [5, 5.41) is 16.3. The lowest BCUT2D eigenvalue weighted by Crippen LogP contribution is -2.39. The van der Waals surface area contributed by atoms with Gasteiger partial charge in [0, 0.05) is 31.1 Å². The minimum atomic E-state index is -0.581. The number of nitrogens with zero attached hydrogens (tertiary/aromatic N) is 3. The molecule has 9 nitrogen and oxygen atoms in total. The van der Waals surface area contributed by atoms with Crippen molar-refractivity contribution in [1.82, 2.24) is 15.2 Å². The van der Waals surface area contributed by atoms with E-state index in [1.165, 1.54) is 37.0 Å². The number of unbranched alkanes of at least 4 members (excludes halogenated alkanes) is 1. The van der Waals surface area contributed by atoms with E-state index in [1.807, 2.05) is 5.38 Å². The van der Waals surface area contributed by atoms with Crippen molar-refractivity contribution < 1.29 is 19.2 Å². The van der Waals surface area contributed by atoms with Crippen molar-refractivity contribution in [1.29, 1.82) is 0 Å². The van der Waals surface area contributed by atoms with Crippen LogP contribution in [0.3, 0.4) is 0 Å². The number of nitro groups is 1. The fraction of sp³-hybridized carbons (Fsp3) is 0.565. The Kier molecular flexibility index (Phi) is 9.02. The number of nitrogens with one attached hydrogen (secondary N) is 1. The number of ether oxygens (including phenoxy) is 2. The zero-order chi connectivity index (χ0) is 23.8. The smallest absolute Gasteiger partial charge is 0.286 e. The molecule has 0 aliphatic carbocycles. The summed E-state index contributed by atoms with van der Waals surface area (Å²) in [6.45, 7) is 8.44. The van der Waals surface area contributed by atoms with Crippen molar-refractivity contribution in [2.75, 3.05) is 33.3 Å². The third kappa shape index (κ3) is 7.13. The number of methoxy groups -OCH3 is 1. The molecular formula is C23H32N4O5S. The molecule has 1 amide bonds. The first-order valence-electron chi connectivity index (χ1n) is 11.2. The lowest BCUT2D eigenvalue weighted by atomic mass is 9.92. The second-order valence-electron chi connectivity index (χ2n) is 8.71. The van der Waals surface area contributed by atoms with Crippen LogP contribution in [0.25, 0.3) is 0 Å². The van der Waals surface area contributed by atoms with Gasteiger partial charge in [-0.2, -0.15) is 0 Å². The third-order valence-corrected chi connectivity index (χ3v) is 6.35. The predicted octanol–water partition coefficient (Wildman–Crippen LogP) is 4.13. The number of carbonyl (C=O) groups excluding carboxylic acids is 1. The summed E-state index contributed by atoms with van der Waals surface area (Å²) >= 11 is 1.43. The Morgan fingerprint density at radius 3 is 2.67 bits per heavy atom. The first-order chi connectivity index (χ1) is 15.9. The number of aromatic nitrogens is 1. The number of hydrogen-bond acceptors (Lipinski definition) is 8. The second kappa shape index (κ2) is 11.9. The Labute approximate surface area is 198 Å². The summed E-state index contributed by atoms with van der Waals surface area (Å²) in [5.74, 6) is 1.40. The summed E-state index contributed by atoms with van der Waals surface area (Å²) in [4.78, 5) is 30.4. The normalized spacial score (nSPS) is 18.6. The highest BCUT2D eigenvalue weighted by molar-refractivity contribution is 7.07. The molecule has 1 aromatic heterocycles. The highest BCUT2D eigenvalue weighted by Crippen LogP contribution is 2.35. The van der Waals surface area contributed by atoms with E-state index in [0.29, 0.717) is 12.2 Å². The van der Waals surface area contributed by atoms with Gasteiger partial charge in [-0.3, -0.25) is 14.9 Å². The average molecular weight is 477 g/mol. The summed E-state index contributed by atoms with van der Waals surface area (Å²) < 4.78 is 11.0. The topological polar surface area (TPSA) is 107 Å². The number of hydrogen-bond donors (Lipinski definition) is 1. The first-order valence-corrected chi connectivity index (χ1v) is 12.2. The molecule has 33 heavy (non-hydrogen) atoms. The van der Waals surface area contributed by atoms with Crippen LogP contribution in [0.4, 0.5) is 5.69 Å². The first kappa shape index (κ1) is 24.9. The van der Waals surface area contributed by atoms with Gasteiger partial charge in [0.2, 0.25) is 0 Å². The van der Waals surface area contributed by atoms with Crippen LogP contribution in [0.15, 0.2) is 23.0 Å². The van der Waals surface area contributed by atoms with Crippen LogP contribution in [-0.2, 0) is 6.61 Å². The number of piperidine rings is 1. The van der Waals surface area contributed by atoms with Gasteiger partial charge in [-0.15, -0.1) is 11.3 Å². The molecule has 2 unspecified atom stereocenters. The van der Waals surface area contributed by atoms with Gasteiger partial charge in [0.15, 0.2) is 11.5 Å². The van der Waals surface area contributed by atoms with Gasteiger partial charge < -0.3 is 19.7 Å². The Morgan fingerprint density at radius 2 is 2.03 bits per heavy atom. The van der Waals surface area contributed by atoms with E-state index in [-0.39, 0.29) is 29.4 Å². The van der Waals surface area contributed by atoms with Gasteiger partial charge in [-0.1, -0.05) is 13.8 Å². The average Bonchev–Trinajstić information content (AvgIpc) is 3.29. The molecule has 0 spiro atoms. The predicted molar refractivity (Wildman–Crippen MR) is 127 cm³/mol. The van der Waals surface area contributed by atoms with Crippen LogP contribution in [0.5, 0.6) is 11.5 Å². The van der Waals surface area contributed by atoms with Gasteiger partial charge in [-0.25, -0.2) is 4.98 Å². The summed E-state index contributed by atoms with van der Waals surface area (Å²) in [5.41, 5.74) is 2.02. The Bertz CT molecular complexity index is 927. The maximum Gasteiger partial charge on any atom is 0.286 e. The number of amides is 1. The fourth-order valence-electron chi connectivity index (χ4n) is 4.35. The molecule has 2 heterocycles. The maximum atomic E-state index is 12.7. The molecule has 1 aliphatic heterocycles. The van der Waals surface area contributed by atoms with Gasteiger partial charge in [0.1, 0.15) is 12.2 Å². The van der Waals surface area contributed by atoms with E-state index in [9.17, 15) is 14.9 Å². The van der Waals surface area contributed by atoms with Crippen LogP contribution < -0.4 is 14.8 Å². The molecule has 180 valence electrons. The number of likely N-dealkylation sites (tertiary alicyclic amines) is 1. The number of rotatable bonds is 11. The number of benzene rings is 1. The SMILES string of the molecule is COc1cc(C(=O)NCCCCN2CC(C)CC(C)C2)c([N+](=O)[O-])cc1OCc1cscn1. The van der Waals surface area contributed by atoms with Gasteiger partial charge in [0.25, 0.3) is 11.6 Å². The lowest BCUT2D eigenvalue weighted by molar-refractivity contribution is -0.385. The Hall–Kier alpha value is -2.72. The van der Waals surface area contributed by atoms with Crippen LogP contribution in [-0.4, -0.2) is 54.0 Å². The minimum absolute atomic E-state index is 0.0449. The molecule has 1 fully saturated rings. The Balaban J connectivity index is 1.56. The molecule has 10 heteroatoms. The zero-order valence-electron chi connectivity index (χ0n) is 19.4. The van der Waals surface area contributed by atoms with Gasteiger partial charge >= 0.3 is 0 Å². The molecule has 2 atom stereocenters. The Morgan fingerprint density at radius 1 is 1.27 bits per heavy atom. The van der Waals surface area contributed by atoms with Crippen molar-refractivity contribution in [2.24, 2.45) is 11.8 Å². The van der Waals surface area contributed by atoms with E-state index < -0.39 is 10.8 Å². The molecule has 2 aromatic rings. The van der Waals surface area contributed by atoms with Crippen molar-refractivity contribution in [3.63, 3.8) is 0 Å². The van der Waals surface area contributed by atoms with E-state index in [4.69, 9.17) is 9.47 Å². The quantitative estimate of drug-likeness (QED) is 0.295. The molecule has 1 saturated heterocycles. The molecule has 1 N–H and O–H groups in total. The van der Waals surface area contributed by atoms with E-state index in [0.717, 1.165) is 44.3 Å². The largest absolute Gasteiger partial charge is 0.493 e. The molecule has 0 bridgehead atoms. The zero-order valence-corrected chi connectivity index (χ0v) is 20.2. The summed E-state index contributed by atoms with van der Waals surface area (Å²) in [6, 6.07) is 2.60. The molecule has 3 rings (SSSR count). The van der Waals surface area contributed by atoms with Crippen molar-refractivity contribution in [3.05, 3.63) is 44.4 Å². The highest BCUT2D eigenvalue weighted by Gasteiger charge is 2.25. The molecule has 1 aliphatic rings. The van der Waals surface area contributed by atoms with Gasteiger partial charge in [0.05, 0.1) is 29.3 Å². The fourth-order valence-corrected chi connectivity index (χ4v) is 4.89. The van der Waals surface area contributed by atoms with Crippen molar-refractivity contribution >= 4 is 22.9 Å². The number of nitro benzene ring substituents is 1. The maximum absolute atomic E-state index is 12.7. The van der Waals surface area contributed by atoms with E-state index in [1.54, 1.807) is 5.51 Å². The summed E-state index contributed by atoms with van der Waals surface area (Å²) in [6.07, 6.45) is 3.06. The van der Waals surface area contributed by atoms with Crippen LogP contribution in [0.1, 0.15) is 49.2 Å². The monoisotopic (exact) mass is 476 g/mol. The van der Waals surface area contributed by atoms with Crippen LogP contribution in [0.2, 0.25) is 0 Å². The number of carbonyl (C=O) groups is 1. The minimum Gasteiger partial charge on any atom is -0.493 e. The molecule has 0 radical (unpaired) electrons. The van der Waals surface area contributed by atoms with Crippen molar-refractivity contribution in [3.8, 4) is 11.5 Å². The third-order valence-electron chi connectivity index (χ3n) is 5.71. The van der Waals surface area contributed by atoms with Gasteiger partial charge in [-0.05, 0) is 37.6 Å². The second-order valence-corrected chi connectivity index (χ2v) is 9.43.